The molecule has 2 aliphatic heterocycles. The van der Waals surface area contributed by atoms with E-state index in [0.29, 0.717) is 51.4 Å². The van der Waals surface area contributed by atoms with Crippen molar-refractivity contribution >= 4 is 29.8 Å². The zero-order chi connectivity index (χ0) is 20.9. The van der Waals surface area contributed by atoms with Gasteiger partial charge < -0.3 is 11.5 Å². The number of fused-ring (bicyclic) bond motifs is 6. The van der Waals surface area contributed by atoms with Crippen molar-refractivity contribution in [2.75, 3.05) is 11.5 Å². The Labute approximate surface area is 171 Å². The van der Waals surface area contributed by atoms with Crippen molar-refractivity contribution in [1.82, 2.24) is 5.01 Å². The molecule has 148 valence electrons. The van der Waals surface area contributed by atoms with E-state index in [1.54, 1.807) is 48.5 Å². The summed E-state index contributed by atoms with van der Waals surface area (Å²) in [6.07, 6.45) is 1.55. The molecule has 0 saturated heterocycles. The van der Waals surface area contributed by atoms with Crippen LogP contribution in [0.15, 0.2) is 65.8 Å². The lowest BCUT2D eigenvalue weighted by Crippen LogP contribution is -2.42. The number of nitrogens with two attached hydrogens (primary N) is 2. The molecule has 0 aliphatic carbocycles. The second-order valence-corrected chi connectivity index (χ2v) is 6.95. The van der Waals surface area contributed by atoms with Crippen LogP contribution in [0, 0.1) is 0 Å². The number of nitrogen functional groups attached to an aromatic ring is 2. The fraction of sp³-hybridized carbons (Fsp3) is 0.0455. The van der Waals surface area contributed by atoms with Gasteiger partial charge in [-0.15, -0.1) is 0 Å². The number of anilines is 2. The molecule has 0 saturated carbocycles. The Morgan fingerprint density at radius 2 is 1.47 bits per heavy atom. The number of carbonyl (C=O) groups excluding carboxylic acids is 2. The lowest BCUT2D eigenvalue weighted by Gasteiger charge is -2.36. The van der Waals surface area contributed by atoms with Crippen LogP contribution in [0.2, 0.25) is 0 Å². The van der Waals surface area contributed by atoms with Gasteiger partial charge in [-0.1, -0.05) is 18.2 Å². The molecule has 3 aromatic carbocycles. The second kappa shape index (κ2) is 6.35. The number of hydrogen-bond acceptors (Lipinski definition) is 7. The van der Waals surface area contributed by atoms with Gasteiger partial charge in [0.2, 0.25) is 0 Å². The first-order valence-corrected chi connectivity index (χ1v) is 9.13. The Morgan fingerprint density at radius 1 is 0.867 bits per heavy atom. The average molecular weight is 400 g/mol. The summed E-state index contributed by atoms with van der Waals surface area (Å²) in [7, 11) is 0. The Hall–Kier alpha value is -4.33. The Balaban J connectivity index is 1.97. The van der Waals surface area contributed by atoms with E-state index in [-0.39, 0.29) is 5.91 Å². The summed E-state index contributed by atoms with van der Waals surface area (Å²) in [5, 5.41) is 5.49. The molecule has 0 bridgehead atoms. The Kier molecular flexibility index (Phi) is 3.75. The van der Waals surface area contributed by atoms with Gasteiger partial charge >= 0.3 is 0 Å². The minimum absolute atomic E-state index is 0.320. The van der Waals surface area contributed by atoms with Gasteiger partial charge in [-0.05, 0) is 30.3 Å². The van der Waals surface area contributed by atoms with Crippen LogP contribution < -0.4 is 21.2 Å². The molecule has 0 radical (unpaired) electrons. The zero-order valence-electron chi connectivity index (χ0n) is 15.6. The van der Waals surface area contributed by atoms with Crippen LogP contribution in [-0.4, -0.2) is 23.4 Å². The van der Waals surface area contributed by atoms with E-state index in [1.807, 2.05) is 12.1 Å². The van der Waals surface area contributed by atoms with Crippen molar-refractivity contribution in [1.29, 1.82) is 0 Å². The predicted octanol–water partition coefficient (Wildman–Crippen LogP) is 2.47. The summed E-state index contributed by atoms with van der Waals surface area (Å²) in [5.74, 6) is 0.275. The van der Waals surface area contributed by atoms with Crippen molar-refractivity contribution in [2.45, 2.75) is 5.54 Å². The van der Waals surface area contributed by atoms with Crippen molar-refractivity contribution in [2.24, 2.45) is 5.10 Å². The number of aldehydes is 1. The van der Waals surface area contributed by atoms with Gasteiger partial charge in [0, 0.05) is 45.8 Å². The third-order valence-corrected chi connectivity index (χ3v) is 5.31. The van der Waals surface area contributed by atoms with E-state index in [2.05, 4.69) is 5.10 Å². The van der Waals surface area contributed by atoms with Gasteiger partial charge in [-0.3, -0.25) is 19.4 Å². The number of benzene rings is 3. The summed E-state index contributed by atoms with van der Waals surface area (Å²) in [6.45, 7) is 0. The fourth-order valence-electron chi connectivity index (χ4n) is 4.17. The quantitative estimate of drug-likeness (QED) is 0.295. The number of amides is 1. The highest BCUT2D eigenvalue weighted by Gasteiger charge is 2.56. The maximum Gasteiger partial charge on any atom is 0.275 e. The van der Waals surface area contributed by atoms with Crippen LogP contribution in [-0.2, 0) is 10.3 Å². The number of hydrazone groups is 1. The molecule has 1 spiro atoms. The van der Waals surface area contributed by atoms with Crippen LogP contribution in [0.3, 0.4) is 0 Å². The van der Waals surface area contributed by atoms with Crippen LogP contribution in [0.1, 0.15) is 27.0 Å². The first kappa shape index (κ1) is 17.7. The largest absolute Gasteiger partial charge is 0.399 e. The Bertz CT molecular complexity index is 1180. The summed E-state index contributed by atoms with van der Waals surface area (Å²) in [5.41, 5.74) is 13.9. The number of rotatable bonds is 2. The monoisotopic (exact) mass is 400 g/mol. The molecule has 8 nitrogen and oxygen atoms in total. The summed E-state index contributed by atoms with van der Waals surface area (Å²) in [6, 6.07) is 17.3. The molecule has 0 fully saturated rings. The van der Waals surface area contributed by atoms with Gasteiger partial charge in [0.1, 0.15) is 5.54 Å². The molecule has 1 amide bonds. The first-order valence-electron chi connectivity index (χ1n) is 9.13. The van der Waals surface area contributed by atoms with Crippen LogP contribution in [0.4, 0.5) is 11.4 Å². The molecule has 30 heavy (non-hydrogen) atoms. The minimum atomic E-state index is -1.25. The van der Waals surface area contributed by atoms with Crippen molar-refractivity contribution in [3.05, 3.63) is 82.9 Å². The second-order valence-electron chi connectivity index (χ2n) is 6.95. The van der Waals surface area contributed by atoms with E-state index in [0.717, 1.165) is 6.21 Å². The summed E-state index contributed by atoms with van der Waals surface area (Å²) >= 11 is 0. The molecule has 0 atom stereocenters. The van der Waals surface area contributed by atoms with Crippen LogP contribution in [0.25, 0.3) is 0 Å². The fourth-order valence-corrected chi connectivity index (χ4v) is 4.17. The average Bonchev–Trinajstić information content (AvgIpc) is 2.90. The van der Waals surface area contributed by atoms with E-state index >= 15 is 0 Å². The van der Waals surface area contributed by atoms with Gasteiger partial charge in [0.25, 0.3) is 5.91 Å². The maximum atomic E-state index is 13.4. The highest BCUT2D eigenvalue weighted by Crippen LogP contribution is 2.55. The highest BCUT2D eigenvalue weighted by atomic mass is 17.2. The molecule has 5 rings (SSSR count). The maximum absolute atomic E-state index is 13.4. The molecule has 4 N–H and O–H groups in total. The molecule has 2 aliphatic rings. The lowest BCUT2D eigenvalue weighted by molar-refractivity contribution is -0.102. The zero-order valence-corrected chi connectivity index (χ0v) is 15.6. The molecule has 0 unspecified atom stereocenters. The minimum Gasteiger partial charge on any atom is -0.399 e. The predicted molar refractivity (Wildman–Crippen MR) is 110 cm³/mol. The van der Waals surface area contributed by atoms with Crippen molar-refractivity contribution < 1.29 is 19.4 Å². The summed E-state index contributed by atoms with van der Waals surface area (Å²) in [4.78, 5) is 35.7. The molecule has 8 heteroatoms. The lowest BCUT2D eigenvalue weighted by atomic mass is 9.76. The van der Waals surface area contributed by atoms with E-state index in [9.17, 15) is 9.59 Å². The molecular weight excluding hydrogens is 384 g/mol. The van der Waals surface area contributed by atoms with Gasteiger partial charge in [-0.2, -0.15) is 5.10 Å². The third-order valence-electron chi connectivity index (χ3n) is 5.31. The number of carbonyl (C=O) groups is 2. The van der Waals surface area contributed by atoms with E-state index in [4.69, 9.17) is 21.2 Å². The smallest absolute Gasteiger partial charge is 0.275 e. The van der Waals surface area contributed by atoms with Crippen molar-refractivity contribution in [3.63, 3.8) is 0 Å². The highest BCUT2D eigenvalue weighted by molar-refractivity contribution is 6.13. The summed E-state index contributed by atoms with van der Waals surface area (Å²) < 4.78 is 0. The molecule has 0 aromatic heterocycles. The molecular formula is C22H16N4O4. The molecule has 2 heterocycles. The van der Waals surface area contributed by atoms with E-state index < -0.39 is 5.54 Å². The van der Waals surface area contributed by atoms with Gasteiger partial charge in [-0.25, -0.2) is 5.01 Å². The van der Waals surface area contributed by atoms with Crippen molar-refractivity contribution in [3.8, 4) is 11.5 Å². The van der Waals surface area contributed by atoms with E-state index in [1.165, 1.54) is 5.01 Å². The SMILES string of the molecule is Nc1ccc2c(c1)OOc1cc(N)ccc1C21c2ccccc2C(=O)N1/N=C/C=O. The van der Waals surface area contributed by atoms with Gasteiger partial charge in [0.05, 0.1) is 6.21 Å². The van der Waals surface area contributed by atoms with Crippen LogP contribution in [0.5, 0.6) is 11.5 Å². The molecule has 3 aromatic rings. The Morgan fingerprint density at radius 3 is 2.07 bits per heavy atom. The first-order chi connectivity index (χ1) is 14.6. The third kappa shape index (κ3) is 2.24. The topological polar surface area (TPSA) is 120 Å². The number of nitrogens with zero attached hydrogens (tertiary/aromatic N) is 2. The number of hydrogen-bond donors (Lipinski definition) is 2. The standard InChI is InChI=1S/C22H16N4O4/c23-13-5-7-17-19(11-13)29-30-20-12-14(24)6-8-18(20)22(17)16-4-2-1-3-15(16)21(28)26(22)25-9-10-27/h1-12H,23-24H2/b25-9+. The normalized spacial score (nSPS) is 15.7. The van der Waals surface area contributed by atoms with Gasteiger partial charge in [0.15, 0.2) is 17.8 Å². The van der Waals surface area contributed by atoms with Crippen LogP contribution >= 0.6 is 0 Å².